The van der Waals surface area contributed by atoms with Crippen molar-refractivity contribution in [3.05, 3.63) is 0 Å². The average Bonchev–Trinajstić information content (AvgIpc) is 1.62. The van der Waals surface area contributed by atoms with Crippen LogP contribution >= 0.6 is 0 Å². The van der Waals surface area contributed by atoms with E-state index >= 15 is 0 Å². The fraction of sp³-hybridized carbons (Fsp3) is 1.00. The standard InChI is InChI=1S/C6H12NO/c1-2-5-8-6-4-7-3-1/h1-6H2. The Morgan fingerprint density at radius 2 is 2.00 bits per heavy atom. The first-order valence-electron chi connectivity index (χ1n) is 3.21. The molecule has 0 aliphatic carbocycles. The van der Waals surface area contributed by atoms with E-state index in [0.717, 1.165) is 26.3 Å². The zero-order valence-corrected chi connectivity index (χ0v) is 5.10. The second-order valence-corrected chi connectivity index (χ2v) is 1.99. The van der Waals surface area contributed by atoms with Crippen LogP contribution in [0, 0.1) is 0 Å². The second-order valence-electron chi connectivity index (χ2n) is 1.99. The normalized spacial score (nSPS) is 24.0. The smallest absolute Gasteiger partial charge is 0.0607 e. The highest BCUT2D eigenvalue weighted by Crippen LogP contribution is 1.91. The lowest BCUT2D eigenvalue weighted by Gasteiger charge is -2.07. The lowest BCUT2D eigenvalue weighted by Crippen LogP contribution is -2.17. The summed E-state index contributed by atoms with van der Waals surface area (Å²) in [7, 11) is 0. The summed E-state index contributed by atoms with van der Waals surface area (Å²) >= 11 is 0. The molecule has 1 fully saturated rings. The Labute approximate surface area is 50.2 Å². The summed E-state index contributed by atoms with van der Waals surface area (Å²) in [4.78, 5) is 0. The Bertz CT molecular complexity index is 32.5. The molecule has 1 heterocycles. The summed E-state index contributed by atoms with van der Waals surface area (Å²) in [5, 5.41) is 4.21. The van der Waals surface area contributed by atoms with Crippen LogP contribution in [0.15, 0.2) is 0 Å². The van der Waals surface area contributed by atoms with Gasteiger partial charge in [-0.25, -0.2) is 5.32 Å². The van der Waals surface area contributed by atoms with E-state index in [2.05, 4.69) is 5.32 Å². The number of rotatable bonds is 0. The van der Waals surface area contributed by atoms with Crippen molar-refractivity contribution in [3.8, 4) is 0 Å². The number of nitrogens with zero attached hydrogens (tertiary/aromatic N) is 1. The van der Waals surface area contributed by atoms with Crippen molar-refractivity contribution in [3.63, 3.8) is 0 Å². The van der Waals surface area contributed by atoms with Crippen LogP contribution in [-0.2, 0) is 4.74 Å². The van der Waals surface area contributed by atoms with Gasteiger partial charge in [-0.2, -0.15) is 0 Å². The minimum absolute atomic E-state index is 0.833. The van der Waals surface area contributed by atoms with Crippen LogP contribution in [0.3, 0.4) is 0 Å². The maximum absolute atomic E-state index is 5.18. The van der Waals surface area contributed by atoms with Gasteiger partial charge in [0.25, 0.3) is 0 Å². The number of hydrogen-bond donors (Lipinski definition) is 0. The van der Waals surface area contributed by atoms with Gasteiger partial charge in [0.05, 0.1) is 6.61 Å². The van der Waals surface area contributed by atoms with Crippen LogP contribution in [0.25, 0.3) is 0 Å². The van der Waals surface area contributed by atoms with Gasteiger partial charge in [-0.05, 0) is 12.8 Å². The van der Waals surface area contributed by atoms with Gasteiger partial charge in [0.2, 0.25) is 0 Å². The van der Waals surface area contributed by atoms with Crippen LogP contribution in [0.1, 0.15) is 12.8 Å². The van der Waals surface area contributed by atoms with Gasteiger partial charge in [-0.1, -0.05) is 0 Å². The SMILES string of the molecule is C1CCOCC[N]C1. The third kappa shape index (κ3) is 2.28. The quantitative estimate of drug-likeness (QED) is 0.447. The van der Waals surface area contributed by atoms with E-state index in [0.29, 0.717) is 0 Å². The minimum atomic E-state index is 0.833. The van der Waals surface area contributed by atoms with Gasteiger partial charge in [0, 0.05) is 19.7 Å². The van der Waals surface area contributed by atoms with Gasteiger partial charge >= 0.3 is 0 Å². The number of hydrogen-bond acceptors (Lipinski definition) is 1. The van der Waals surface area contributed by atoms with E-state index < -0.39 is 0 Å². The van der Waals surface area contributed by atoms with Gasteiger partial charge in [-0.15, -0.1) is 0 Å². The van der Waals surface area contributed by atoms with Crippen molar-refractivity contribution in [2.75, 3.05) is 26.3 Å². The van der Waals surface area contributed by atoms with Crippen molar-refractivity contribution in [2.24, 2.45) is 0 Å². The monoisotopic (exact) mass is 114 g/mol. The predicted molar refractivity (Wildman–Crippen MR) is 31.9 cm³/mol. The molecule has 0 bridgehead atoms. The molecule has 0 spiro atoms. The maximum atomic E-state index is 5.18. The topological polar surface area (TPSA) is 23.3 Å². The molecule has 0 saturated carbocycles. The first-order chi connectivity index (χ1) is 4.00. The number of ether oxygens (including phenoxy) is 1. The lowest BCUT2D eigenvalue weighted by atomic mass is 10.3. The third-order valence-corrected chi connectivity index (χ3v) is 1.25. The van der Waals surface area contributed by atoms with Crippen molar-refractivity contribution in [1.82, 2.24) is 5.32 Å². The van der Waals surface area contributed by atoms with Crippen LogP contribution < -0.4 is 5.32 Å². The zero-order valence-electron chi connectivity index (χ0n) is 5.10. The minimum Gasteiger partial charge on any atom is -0.380 e. The molecule has 0 unspecified atom stereocenters. The van der Waals surface area contributed by atoms with Crippen LogP contribution in [0.4, 0.5) is 0 Å². The van der Waals surface area contributed by atoms with E-state index in [1.807, 2.05) is 0 Å². The van der Waals surface area contributed by atoms with Crippen molar-refractivity contribution < 1.29 is 4.74 Å². The highest BCUT2D eigenvalue weighted by atomic mass is 16.5. The van der Waals surface area contributed by atoms with Crippen molar-refractivity contribution in [1.29, 1.82) is 0 Å². The molecule has 0 aromatic carbocycles. The third-order valence-electron chi connectivity index (χ3n) is 1.25. The Balaban J connectivity index is 2.00. The summed E-state index contributed by atoms with van der Waals surface area (Å²) in [6.07, 6.45) is 2.39. The molecule has 0 N–H and O–H groups in total. The molecule has 8 heavy (non-hydrogen) atoms. The summed E-state index contributed by atoms with van der Waals surface area (Å²) in [5.41, 5.74) is 0. The highest BCUT2D eigenvalue weighted by molar-refractivity contribution is 4.50. The molecular formula is C6H12NO. The van der Waals surface area contributed by atoms with Gasteiger partial charge in [0.15, 0.2) is 0 Å². The predicted octanol–water partition coefficient (Wildman–Crippen LogP) is 0.401. The summed E-state index contributed by atoms with van der Waals surface area (Å²) < 4.78 is 5.18. The molecule has 0 atom stereocenters. The first-order valence-corrected chi connectivity index (χ1v) is 3.21. The van der Waals surface area contributed by atoms with Crippen LogP contribution in [0.5, 0.6) is 0 Å². The molecule has 1 rings (SSSR count). The summed E-state index contributed by atoms with van der Waals surface area (Å²) in [6.45, 7) is 3.72. The van der Waals surface area contributed by atoms with E-state index in [1.165, 1.54) is 12.8 Å². The summed E-state index contributed by atoms with van der Waals surface area (Å²) in [5.74, 6) is 0. The van der Waals surface area contributed by atoms with Crippen molar-refractivity contribution in [2.45, 2.75) is 12.8 Å². The van der Waals surface area contributed by atoms with Crippen LogP contribution in [-0.4, -0.2) is 26.3 Å². The summed E-state index contributed by atoms with van der Waals surface area (Å²) in [6, 6.07) is 0. The van der Waals surface area contributed by atoms with E-state index in [1.54, 1.807) is 0 Å². The highest BCUT2D eigenvalue weighted by Gasteiger charge is 1.95. The van der Waals surface area contributed by atoms with Crippen molar-refractivity contribution >= 4 is 0 Å². The largest absolute Gasteiger partial charge is 0.380 e. The molecule has 2 heteroatoms. The van der Waals surface area contributed by atoms with Crippen LogP contribution in [0.2, 0.25) is 0 Å². The molecule has 47 valence electrons. The fourth-order valence-electron chi connectivity index (χ4n) is 0.771. The average molecular weight is 114 g/mol. The van der Waals surface area contributed by atoms with E-state index in [-0.39, 0.29) is 0 Å². The Morgan fingerprint density at radius 3 is 3.00 bits per heavy atom. The molecule has 1 aliphatic rings. The fourth-order valence-corrected chi connectivity index (χ4v) is 0.771. The van der Waals surface area contributed by atoms with Gasteiger partial charge in [0.1, 0.15) is 0 Å². The molecule has 2 nitrogen and oxygen atoms in total. The Kier molecular flexibility index (Phi) is 2.92. The molecule has 0 aromatic rings. The molecule has 1 aliphatic heterocycles. The van der Waals surface area contributed by atoms with Gasteiger partial charge < -0.3 is 4.74 Å². The zero-order chi connectivity index (χ0) is 5.66. The maximum Gasteiger partial charge on any atom is 0.0607 e. The first kappa shape index (κ1) is 6.05. The second kappa shape index (κ2) is 3.87. The molecule has 0 aromatic heterocycles. The Hall–Kier alpha value is -0.0800. The molecule has 0 amide bonds. The Morgan fingerprint density at radius 1 is 1.00 bits per heavy atom. The lowest BCUT2D eigenvalue weighted by molar-refractivity contribution is 0.122. The molecule has 1 saturated heterocycles. The molecule has 1 radical (unpaired) electrons. The van der Waals surface area contributed by atoms with Gasteiger partial charge in [-0.3, -0.25) is 0 Å². The van der Waals surface area contributed by atoms with E-state index in [4.69, 9.17) is 4.74 Å². The molecular weight excluding hydrogens is 102 g/mol. The van der Waals surface area contributed by atoms with E-state index in [9.17, 15) is 0 Å².